The van der Waals surface area contributed by atoms with E-state index >= 15 is 0 Å². The predicted molar refractivity (Wildman–Crippen MR) is 79.9 cm³/mol. The molecule has 0 spiro atoms. The molecule has 1 aliphatic rings. The van der Waals surface area contributed by atoms with Crippen LogP contribution < -0.4 is 0 Å². The van der Waals surface area contributed by atoms with Crippen molar-refractivity contribution in [3.05, 3.63) is 71.3 Å². The zero-order valence-electron chi connectivity index (χ0n) is 11.8. The molecule has 0 aliphatic heterocycles. The zero-order valence-corrected chi connectivity index (χ0v) is 11.8. The van der Waals surface area contributed by atoms with Crippen molar-refractivity contribution in [1.29, 1.82) is 0 Å². The van der Waals surface area contributed by atoms with E-state index < -0.39 is 0 Å². The normalized spacial score (nSPS) is 24.1. The lowest BCUT2D eigenvalue weighted by molar-refractivity contribution is 0.625. The van der Waals surface area contributed by atoms with Gasteiger partial charge in [0.2, 0.25) is 0 Å². The van der Waals surface area contributed by atoms with Gasteiger partial charge >= 0.3 is 0 Å². The molecule has 0 aromatic heterocycles. The molecule has 94 valence electrons. The maximum atomic E-state index is 3.76. The quantitative estimate of drug-likeness (QED) is 0.626. The van der Waals surface area contributed by atoms with Crippen molar-refractivity contribution in [3.63, 3.8) is 0 Å². The summed E-state index contributed by atoms with van der Waals surface area (Å²) >= 11 is 0. The minimum Gasteiger partial charge on any atom is -0.0991 e. The fourth-order valence-electron chi connectivity index (χ4n) is 3.09. The lowest BCUT2D eigenvalue weighted by Crippen LogP contribution is -2.16. The SMILES string of the molecule is C=C/C=C(C)\C=C1/C(C)c2ccccc2C1(C)C. The summed E-state index contributed by atoms with van der Waals surface area (Å²) in [6, 6.07) is 8.80. The summed E-state index contributed by atoms with van der Waals surface area (Å²) in [5, 5.41) is 0. The van der Waals surface area contributed by atoms with Crippen LogP contribution in [0.1, 0.15) is 44.7 Å². The van der Waals surface area contributed by atoms with E-state index in [0.29, 0.717) is 5.92 Å². The van der Waals surface area contributed by atoms with Crippen LogP contribution in [0.2, 0.25) is 0 Å². The molecule has 1 aromatic carbocycles. The molecule has 1 aromatic rings. The Hall–Kier alpha value is -1.56. The van der Waals surface area contributed by atoms with Gasteiger partial charge in [-0.05, 0) is 18.1 Å². The predicted octanol–water partition coefficient (Wildman–Crippen LogP) is 5.14. The minimum absolute atomic E-state index is 0.131. The Morgan fingerprint density at radius 3 is 2.56 bits per heavy atom. The smallest absolute Gasteiger partial charge is 0.0117 e. The average molecular weight is 238 g/mol. The van der Waals surface area contributed by atoms with Crippen LogP contribution in [0.15, 0.2) is 60.2 Å². The molecule has 0 saturated heterocycles. The second kappa shape index (κ2) is 4.61. The fraction of sp³-hybridized carbons (Fsp3) is 0.333. The summed E-state index contributed by atoms with van der Waals surface area (Å²) in [4.78, 5) is 0. The molecular formula is C18H22. The highest BCUT2D eigenvalue weighted by Gasteiger charge is 2.38. The molecular weight excluding hydrogens is 216 g/mol. The van der Waals surface area contributed by atoms with Crippen LogP contribution >= 0.6 is 0 Å². The Morgan fingerprint density at radius 1 is 1.28 bits per heavy atom. The molecule has 2 rings (SSSR count). The first kappa shape index (κ1) is 12.9. The number of fused-ring (bicyclic) bond motifs is 1. The summed E-state index contributed by atoms with van der Waals surface area (Å²) in [5.74, 6) is 0.504. The monoisotopic (exact) mass is 238 g/mol. The molecule has 0 nitrogen and oxygen atoms in total. The Labute approximate surface area is 111 Å². The summed E-state index contributed by atoms with van der Waals surface area (Å²) in [6.07, 6.45) is 6.25. The Morgan fingerprint density at radius 2 is 1.94 bits per heavy atom. The van der Waals surface area contributed by atoms with E-state index in [1.807, 2.05) is 6.08 Å². The van der Waals surface area contributed by atoms with Crippen molar-refractivity contribution in [3.8, 4) is 0 Å². The van der Waals surface area contributed by atoms with Gasteiger partial charge in [-0.25, -0.2) is 0 Å². The van der Waals surface area contributed by atoms with Gasteiger partial charge in [0.1, 0.15) is 0 Å². The largest absolute Gasteiger partial charge is 0.0991 e. The molecule has 0 N–H and O–H groups in total. The van der Waals surface area contributed by atoms with Crippen molar-refractivity contribution in [2.45, 2.75) is 39.0 Å². The lowest BCUT2D eigenvalue weighted by Gasteiger charge is -2.23. The van der Waals surface area contributed by atoms with E-state index in [4.69, 9.17) is 0 Å². The van der Waals surface area contributed by atoms with Crippen molar-refractivity contribution >= 4 is 0 Å². The van der Waals surface area contributed by atoms with Gasteiger partial charge < -0.3 is 0 Å². The van der Waals surface area contributed by atoms with E-state index in [9.17, 15) is 0 Å². The summed E-state index contributed by atoms with van der Waals surface area (Å²) in [7, 11) is 0. The Bertz CT molecular complexity index is 527. The van der Waals surface area contributed by atoms with Gasteiger partial charge in [-0.15, -0.1) is 0 Å². The van der Waals surface area contributed by atoms with E-state index in [1.165, 1.54) is 22.3 Å². The highest BCUT2D eigenvalue weighted by atomic mass is 14.4. The van der Waals surface area contributed by atoms with E-state index in [2.05, 4.69) is 70.7 Å². The number of hydrogen-bond acceptors (Lipinski definition) is 0. The molecule has 0 saturated carbocycles. The van der Waals surface area contributed by atoms with Crippen LogP contribution in [-0.2, 0) is 5.41 Å². The Balaban J connectivity index is 2.54. The third-order valence-electron chi connectivity index (χ3n) is 4.05. The molecule has 1 unspecified atom stereocenters. The lowest BCUT2D eigenvalue weighted by atomic mass is 9.80. The van der Waals surface area contributed by atoms with Gasteiger partial charge in [-0.1, -0.05) is 81.0 Å². The minimum atomic E-state index is 0.131. The average Bonchev–Trinajstić information content (AvgIpc) is 2.52. The number of rotatable bonds is 2. The van der Waals surface area contributed by atoms with Crippen LogP contribution in [0.5, 0.6) is 0 Å². The molecule has 1 atom stereocenters. The zero-order chi connectivity index (χ0) is 13.3. The third kappa shape index (κ3) is 1.96. The standard InChI is InChI=1S/C18H22/c1-6-9-13(2)12-17-14(3)15-10-7-8-11-16(15)18(17,4)5/h6-12,14H,1H2,2-5H3/b13-9-,17-12+. The second-order valence-corrected chi connectivity index (χ2v) is 5.68. The fourth-order valence-corrected chi connectivity index (χ4v) is 3.09. The van der Waals surface area contributed by atoms with Gasteiger partial charge in [0, 0.05) is 11.3 Å². The van der Waals surface area contributed by atoms with Crippen molar-refractivity contribution in [2.75, 3.05) is 0 Å². The van der Waals surface area contributed by atoms with Crippen LogP contribution in [0, 0.1) is 0 Å². The Kier molecular flexibility index (Phi) is 3.30. The van der Waals surface area contributed by atoms with Gasteiger partial charge in [-0.3, -0.25) is 0 Å². The molecule has 0 amide bonds. The molecule has 18 heavy (non-hydrogen) atoms. The highest BCUT2D eigenvalue weighted by molar-refractivity contribution is 5.54. The molecule has 0 fully saturated rings. The number of hydrogen-bond donors (Lipinski definition) is 0. The van der Waals surface area contributed by atoms with Crippen LogP contribution in [0.25, 0.3) is 0 Å². The third-order valence-corrected chi connectivity index (χ3v) is 4.05. The first-order valence-corrected chi connectivity index (χ1v) is 6.59. The van der Waals surface area contributed by atoms with E-state index in [0.717, 1.165) is 0 Å². The van der Waals surface area contributed by atoms with Gasteiger partial charge in [0.05, 0.1) is 0 Å². The first-order chi connectivity index (χ1) is 8.48. The number of benzene rings is 1. The number of allylic oxidation sites excluding steroid dienone is 5. The van der Waals surface area contributed by atoms with Crippen molar-refractivity contribution in [1.82, 2.24) is 0 Å². The summed E-state index contributed by atoms with van der Waals surface area (Å²) in [5.41, 5.74) is 5.84. The molecule has 0 radical (unpaired) electrons. The molecule has 0 bridgehead atoms. The second-order valence-electron chi connectivity index (χ2n) is 5.68. The van der Waals surface area contributed by atoms with Crippen LogP contribution in [0.4, 0.5) is 0 Å². The van der Waals surface area contributed by atoms with Crippen LogP contribution in [0.3, 0.4) is 0 Å². The first-order valence-electron chi connectivity index (χ1n) is 6.59. The maximum Gasteiger partial charge on any atom is 0.0117 e. The molecule has 0 heterocycles. The van der Waals surface area contributed by atoms with Crippen LogP contribution in [-0.4, -0.2) is 0 Å². The summed E-state index contributed by atoms with van der Waals surface area (Å²) < 4.78 is 0. The van der Waals surface area contributed by atoms with Crippen molar-refractivity contribution in [2.24, 2.45) is 0 Å². The molecule has 1 aliphatic carbocycles. The van der Waals surface area contributed by atoms with E-state index in [1.54, 1.807) is 0 Å². The highest BCUT2D eigenvalue weighted by Crippen LogP contribution is 2.49. The van der Waals surface area contributed by atoms with Gasteiger partial charge in [-0.2, -0.15) is 0 Å². The maximum absolute atomic E-state index is 3.76. The van der Waals surface area contributed by atoms with E-state index in [-0.39, 0.29) is 5.41 Å². The topological polar surface area (TPSA) is 0 Å². The van der Waals surface area contributed by atoms with Crippen molar-refractivity contribution < 1.29 is 0 Å². The van der Waals surface area contributed by atoms with Gasteiger partial charge in [0.15, 0.2) is 0 Å². The van der Waals surface area contributed by atoms with Gasteiger partial charge in [0.25, 0.3) is 0 Å². The molecule has 0 heteroatoms. The summed E-state index contributed by atoms with van der Waals surface area (Å²) in [6.45, 7) is 12.9.